The van der Waals surface area contributed by atoms with E-state index in [0.717, 1.165) is 36.4 Å². The van der Waals surface area contributed by atoms with E-state index in [9.17, 15) is 9.18 Å². The number of carbonyl (C=O) groups is 1. The molecule has 1 heterocycles. The normalized spacial score (nSPS) is 12.5. The summed E-state index contributed by atoms with van der Waals surface area (Å²) in [5.74, 6) is 0.194. The Balaban J connectivity index is 0.000000184. The molecule has 0 aromatic heterocycles. The molecule has 1 atom stereocenters. The summed E-state index contributed by atoms with van der Waals surface area (Å²) in [5.41, 5.74) is 3.57. The third kappa shape index (κ3) is 8.19. The molecule has 0 amide bonds. The first-order valence-electron chi connectivity index (χ1n) is 11.4. The Labute approximate surface area is 201 Å². The lowest BCUT2D eigenvalue weighted by Gasteiger charge is -2.15. The summed E-state index contributed by atoms with van der Waals surface area (Å²) in [6.45, 7) is 7.63. The number of aryl methyl sites for hydroxylation is 2. The predicted octanol–water partition coefficient (Wildman–Crippen LogP) is 6.21. The van der Waals surface area contributed by atoms with Gasteiger partial charge in [0.2, 0.25) is 0 Å². The fraction of sp³-hybridized carbons (Fsp3) is 0.321. The Morgan fingerprint density at radius 1 is 1.15 bits per heavy atom. The maximum absolute atomic E-state index is 13.1. The average molecular weight is 468 g/mol. The second-order valence-electron chi connectivity index (χ2n) is 7.85. The van der Waals surface area contributed by atoms with E-state index in [1.807, 2.05) is 32.0 Å². The van der Waals surface area contributed by atoms with Gasteiger partial charge in [-0.1, -0.05) is 49.4 Å². The number of benzene rings is 3. The quantitative estimate of drug-likeness (QED) is 0.467. The van der Waals surface area contributed by atoms with Crippen LogP contribution in [0.15, 0.2) is 66.7 Å². The van der Waals surface area contributed by atoms with Crippen LogP contribution in [0.3, 0.4) is 0 Å². The van der Waals surface area contributed by atoms with Crippen LogP contribution in [0, 0.1) is 12.7 Å². The van der Waals surface area contributed by atoms with Gasteiger partial charge in [0.25, 0.3) is 0 Å². The van der Waals surface area contributed by atoms with Crippen molar-refractivity contribution in [2.45, 2.75) is 39.7 Å². The van der Waals surface area contributed by atoms with Crippen molar-refractivity contribution in [3.63, 3.8) is 0 Å². The SMILES string of the molecule is CCNC(C)c1ccc(F)c(OC)c1.Cc1ccccc1C(=O)O.c1ccc2c(c1)CCCO2. The Morgan fingerprint density at radius 3 is 2.47 bits per heavy atom. The van der Waals surface area contributed by atoms with E-state index in [0.29, 0.717) is 11.3 Å². The summed E-state index contributed by atoms with van der Waals surface area (Å²) in [5, 5.41) is 11.8. The molecular weight excluding hydrogens is 433 g/mol. The molecule has 4 rings (SSSR count). The second-order valence-corrected chi connectivity index (χ2v) is 7.85. The summed E-state index contributed by atoms with van der Waals surface area (Å²) in [7, 11) is 1.47. The van der Waals surface area contributed by atoms with Crippen molar-refractivity contribution in [1.29, 1.82) is 0 Å². The lowest BCUT2D eigenvalue weighted by molar-refractivity contribution is 0.0696. The number of aromatic carboxylic acids is 1. The minimum Gasteiger partial charge on any atom is -0.494 e. The number of fused-ring (bicyclic) bond motifs is 1. The van der Waals surface area contributed by atoms with Crippen LogP contribution in [-0.2, 0) is 6.42 Å². The number of carboxylic acid groups (broad SMARTS) is 1. The number of carboxylic acids is 1. The maximum Gasteiger partial charge on any atom is 0.335 e. The number of hydrogen-bond acceptors (Lipinski definition) is 4. The minimum atomic E-state index is -0.863. The molecule has 0 spiro atoms. The van der Waals surface area contributed by atoms with Crippen LogP contribution in [0.4, 0.5) is 4.39 Å². The van der Waals surface area contributed by atoms with Crippen LogP contribution in [0.5, 0.6) is 11.5 Å². The van der Waals surface area contributed by atoms with Gasteiger partial charge in [0.15, 0.2) is 11.6 Å². The van der Waals surface area contributed by atoms with Crippen LogP contribution in [0.2, 0.25) is 0 Å². The van der Waals surface area contributed by atoms with Gasteiger partial charge in [0.1, 0.15) is 5.75 Å². The second kappa shape index (κ2) is 14.0. The largest absolute Gasteiger partial charge is 0.494 e. The monoisotopic (exact) mass is 467 g/mol. The van der Waals surface area contributed by atoms with Crippen LogP contribution in [0.25, 0.3) is 0 Å². The number of halogens is 1. The average Bonchev–Trinajstić information content (AvgIpc) is 2.85. The van der Waals surface area contributed by atoms with Crippen molar-refractivity contribution in [1.82, 2.24) is 5.32 Å². The molecule has 0 saturated heterocycles. The molecular formula is C28H34FNO4. The fourth-order valence-corrected chi connectivity index (χ4v) is 3.48. The molecule has 0 fully saturated rings. The number of rotatable bonds is 5. The highest BCUT2D eigenvalue weighted by Crippen LogP contribution is 2.23. The lowest BCUT2D eigenvalue weighted by Crippen LogP contribution is -2.17. The van der Waals surface area contributed by atoms with Gasteiger partial charge in [-0.3, -0.25) is 0 Å². The van der Waals surface area contributed by atoms with Crippen molar-refractivity contribution < 1.29 is 23.8 Å². The molecule has 0 saturated carbocycles. The first-order valence-corrected chi connectivity index (χ1v) is 11.4. The number of nitrogens with one attached hydrogen (secondary N) is 1. The summed E-state index contributed by atoms with van der Waals surface area (Å²) in [6, 6.07) is 20.3. The number of hydrogen-bond donors (Lipinski definition) is 2. The van der Waals surface area contributed by atoms with E-state index in [1.54, 1.807) is 37.3 Å². The van der Waals surface area contributed by atoms with Gasteiger partial charge >= 0.3 is 5.97 Å². The van der Waals surface area contributed by atoms with Gasteiger partial charge in [0.05, 0.1) is 19.3 Å². The minimum absolute atomic E-state index is 0.217. The third-order valence-electron chi connectivity index (χ3n) is 5.38. The standard InChI is InChI=1S/C11H16FNO.C9H10O.C8H8O2/c1-4-13-8(2)9-5-6-10(12)11(7-9)14-3;1-2-6-9-8(4-1)5-3-7-10-9;1-6-4-2-3-5-7(6)8(9)10/h5-8,13H,4H2,1-3H3;1-2,4,6H,3,5,7H2;2-5H,1H3,(H,9,10). The number of ether oxygens (including phenoxy) is 2. The number of para-hydroxylation sites is 1. The Kier molecular flexibility index (Phi) is 11.1. The molecule has 6 heteroatoms. The Bertz CT molecular complexity index is 1030. The van der Waals surface area contributed by atoms with Crippen molar-refractivity contribution in [2.75, 3.05) is 20.3 Å². The molecule has 0 radical (unpaired) electrons. The van der Waals surface area contributed by atoms with E-state index >= 15 is 0 Å². The molecule has 1 aliphatic heterocycles. The van der Waals surface area contributed by atoms with Crippen LogP contribution in [-0.4, -0.2) is 31.3 Å². The predicted molar refractivity (Wildman–Crippen MR) is 133 cm³/mol. The Morgan fingerprint density at radius 2 is 1.85 bits per heavy atom. The van der Waals surface area contributed by atoms with Crippen molar-refractivity contribution in [3.05, 3.63) is 94.8 Å². The van der Waals surface area contributed by atoms with Crippen LogP contribution in [0.1, 0.15) is 53.4 Å². The van der Waals surface area contributed by atoms with Gasteiger partial charge in [-0.05, 0) is 74.2 Å². The van der Waals surface area contributed by atoms with Crippen molar-refractivity contribution >= 4 is 5.97 Å². The fourth-order valence-electron chi connectivity index (χ4n) is 3.48. The van der Waals surface area contributed by atoms with Gasteiger partial charge < -0.3 is 19.9 Å². The Hall–Kier alpha value is -3.38. The summed E-state index contributed by atoms with van der Waals surface area (Å²) in [6.07, 6.45) is 2.34. The molecule has 0 bridgehead atoms. The summed E-state index contributed by atoms with van der Waals surface area (Å²) >= 11 is 0. The van der Waals surface area contributed by atoms with E-state index in [-0.39, 0.29) is 11.9 Å². The third-order valence-corrected chi connectivity index (χ3v) is 5.38. The van der Waals surface area contributed by atoms with Gasteiger partial charge in [-0.15, -0.1) is 0 Å². The molecule has 182 valence electrons. The molecule has 34 heavy (non-hydrogen) atoms. The first-order chi connectivity index (χ1) is 16.4. The topological polar surface area (TPSA) is 67.8 Å². The van der Waals surface area contributed by atoms with Gasteiger partial charge in [-0.25, -0.2) is 9.18 Å². The molecule has 5 nitrogen and oxygen atoms in total. The highest BCUT2D eigenvalue weighted by Gasteiger charge is 2.08. The molecule has 1 unspecified atom stereocenters. The molecule has 3 aromatic rings. The smallest absolute Gasteiger partial charge is 0.335 e. The summed E-state index contributed by atoms with van der Waals surface area (Å²) < 4.78 is 23.4. The lowest BCUT2D eigenvalue weighted by atomic mass is 10.1. The zero-order valence-corrected chi connectivity index (χ0v) is 20.3. The van der Waals surface area contributed by atoms with E-state index in [1.165, 1.54) is 25.2 Å². The van der Waals surface area contributed by atoms with Crippen molar-refractivity contribution in [3.8, 4) is 11.5 Å². The molecule has 1 aliphatic rings. The molecule has 2 N–H and O–H groups in total. The molecule has 0 aliphatic carbocycles. The molecule has 3 aromatic carbocycles. The van der Waals surface area contributed by atoms with E-state index in [2.05, 4.69) is 17.4 Å². The maximum atomic E-state index is 13.1. The van der Waals surface area contributed by atoms with Gasteiger partial charge in [-0.2, -0.15) is 0 Å². The van der Waals surface area contributed by atoms with Crippen LogP contribution < -0.4 is 14.8 Å². The van der Waals surface area contributed by atoms with E-state index < -0.39 is 5.97 Å². The first kappa shape index (κ1) is 26.9. The summed E-state index contributed by atoms with van der Waals surface area (Å²) in [4.78, 5) is 10.4. The number of methoxy groups -OCH3 is 1. The van der Waals surface area contributed by atoms with E-state index in [4.69, 9.17) is 14.6 Å². The van der Waals surface area contributed by atoms with Crippen LogP contribution >= 0.6 is 0 Å². The highest BCUT2D eigenvalue weighted by molar-refractivity contribution is 5.89. The van der Waals surface area contributed by atoms with Crippen molar-refractivity contribution in [2.24, 2.45) is 0 Å². The zero-order valence-electron chi connectivity index (χ0n) is 20.3. The zero-order chi connectivity index (χ0) is 24.9. The van der Waals surface area contributed by atoms with Gasteiger partial charge in [0, 0.05) is 6.04 Å². The highest BCUT2D eigenvalue weighted by atomic mass is 19.1.